The summed E-state index contributed by atoms with van der Waals surface area (Å²) in [5.74, 6) is -0.965. The van der Waals surface area contributed by atoms with Crippen molar-refractivity contribution in [1.82, 2.24) is 0 Å². The van der Waals surface area contributed by atoms with E-state index >= 15 is 0 Å². The average Bonchev–Trinajstić information content (AvgIpc) is 1.87. The Morgan fingerprint density at radius 1 is 1.55 bits per heavy atom. The maximum atomic E-state index is 10.6. The molecule has 0 aromatic heterocycles. The first-order chi connectivity index (χ1) is 5.07. The zero-order chi connectivity index (χ0) is 8.85. The van der Waals surface area contributed by atoms with Gasteiger partial charge < -0.3 is 9.84 Å². The highest BCUT2D eigenvalue weighted by Crippen LogP contribution is 1.95. The Morgan fingerprint density at radius 2 is 2.09 bits per heavy atom. The highest BCUT2D eigenvalue weighted by Gasteiger charge is 2.14. The minimum Gasteiger partial charge on any atom is -0.466 e. The maximum Gasteiger partial charge on any atom is 0.308 e. The molecule has 1 N–H and O–H groups in total. The molecule has 0 amide bonds. The largest absolute Gasteiger partial charge is 0.466 e. The Morgan fingerprint density at radius 3 is 2.45 bits per heavy atom. The molecule has 0 saturated heterocycles. The van der Waals surface area contributed by atoms with Crippen molar-refractivity contribution in [2.45, 2.75) is 26.4 Å². The van der Waals surface area contributed by atoms with Crippen LogP contribution in [0, 0.1) is 0 Å². The van der Waals surface area contributed by atoms with E-state index < -0.39 is 17.9 Å². The zero-order valence-electron chi connectivity index (χ0n) is 6.66. The second-order valence-electron chi connectivity index (χ2n) is 2.14. The molecule has 0 spiro atoms. The summed E-state index contributed by atoms with van der Waals surface area (Å²) < 4.78 is 4.51. The number of aliphatic hydroxyl groups is 1. The van der Waals surface area contributed by atoms with Crippen molar-refractivity contribution in [3.8, 4) is 0 Å². The second-order valence-corrected chi connectivity index (χ2v) is 2.14. The van der Waals surface area contributed by atoms with Crippen molar-refractivity contribution < 1.29 is 19.4 Å². The van der Waals surface area contributed by atoms with Crippen LogP contribution in [0.15, 0.2) is 0 Å². The maximum absolute atomic E-state index is 10.6. The lowest BCUT2D eigenvalue weighted by Crippen LogP contribution is -2.22. The Bertz CT molecular complexity index is 153. The number of rotatable bonds is 4. The van der Waals surface area contributed by atoms with Gasteiger partial charge in [-0.05, 0) is 13.8 Å². The van der Waals surface area contributed by atoms with E-state index in [2.05, 4.69) is 4.74 Å². The third-order valence-corrected chi connectivity index (χ3v) is 1.13. The summed E-state index contributed by atoms with van der Waals surface area (Å²) in [7, 11) is 0. The average molecular weight is 160 g/mol. The third kappa shape index (κ3) is 4.50. The predicted molar refractivity (Wildman–Crippen MR) is 37.9 cm³/mol. The molecule has 0 heterocycles. The summed E-state index contributed by atoms with van der Waals surface area (Å²) in [6.07, 6.45) is -1.46. The number of carbonyl (C=O) groups is 2. The van der Waals surface area contributed by atoms with Crippen LogP contribution in [0.1, 0.15) is 20.3 Å². The summed E-state index contributed by atoms with van der Waals surface area (Å²) in [6, 6.07) is 0. The quantitative estimate of drug-likeness (QED) is 0.583. The lowest BCUT2D eigenvalue weighted by atomic mass is 10.2. The minimum absolute atomic E-state index is 0.247. The summed E-state index contributed by atoms with van der Waals surface area (Å²) in [5.41, 5.74) is 0. The fourth-order valence-electron chi connectivity index (χ4n) is 0.522. The first kappa shape index (κ1) is 10.1. The minimum atomic E-state index is -1.21. The SMILES string of the molecule is CCOC(=O)C[C@H](O)C(C)=O. The van der Waals surface area contributed by atoms with E-state index in [4.69, 9.17) is 5.11 Å². The van der Waals surface area contributed by atoms with E-state index in [-0.39, 0.29) is 13.0 Å². The molecule has 0 aliphatic carbocycles. The van der Waals surface area contributed by atoms with Crippen molar-refractivity contribution in [2.24, 2.45) is 0 Å². The summed E-state index contributed by atoms with van der Waals surface area (Å²) in [6.45, 7) is 3.16. The van der Waals surface area contributed by atoms with Crippen LogP contribution in [0.3, 0.4) is 0 Å². The lowest BCUT2D eigenvalue weighted by Gasteiger charge is -2.04. The number of Topliss-reactive ketones (excluding diaryl/α,β-unsaturated/α-hetero) is 1. The Balaban J connectivity index is 3.66. The highest BCUT2D eigenvalue weighted by molar-refractivity contribution is 5.85. The molecule has 0 saturated carbocycles. The summed E-state index contributed by atoms with van der Waals surface area (Å²) in [4.78, 5) is 21.0. The van der Waals surface area contributed by atoms with Crippen LogP contribution < -0.4 is 0 Å². The van der Waals surface area contributed by atoms with Crippen LogP contribution >= 0.6 is 0 Å². The number of aliphatic hydroxyl groups excluding tert-OH is 1. The van der Waals surface area contributed by atoms with Crippen LogP contribution in [0.25, 0.3) is 0 Å². The first-order valence-electron chi connectivity index (χ1n) is 3.42. The van der Waals surface area contributed by atoms with Crippen LogP contribution in [0.2, 0.25) is 0 Å². The number of ether oxygens (including phenoxy) is 1. The van der Waals surface area contributed by atoms with Crippen LogP contribution in [0.4, 0.5) is 0 Å². The standard InChI is InChI=1S/C7H12O4/c1-3-11-7(10)4-6(9)5(2)8/h6,9H,3-4H2,1-2H3/t6-/m0/s1. The first-order valence-corrected chi connectivity index (χ1v) is 3.42. The number of ketones is 1. The zero-order valence-corrected chi connectivity index (χ0v) is 6.66. The van der Waals surface area contributed by atoms with Gasteiger partial charge in [0.2, 0.25) is 0 Å². The van der Waals surface area contributed by atoms with Gasteiger partial charge in [0.1, 0.15) is 6.10 Å². The van der Waals surface area contributed by atoms with Crippen molar-refractivity contribution in [3.63, 3.8) is 0 Å². The van der Waals surface area contributed by atoms with Crippen LogP contribution in [0.5, 0.6) is 0 Å². The normalized spacial score (nSPS) is 12.3. The molecule has 0 fully saturated rings. The third-order valence-electron chi connectivity index (χ3n) is 1.13. The van der Waals surface area contributed by atoms with Gasteiger partial charge in [-0.15, -0.1) is 0 Å². The molecule has 4 heteroatoms. The second kappa shape index (κ2) is 4.85. The van der Waals surface area contributed by atoms with Gasteiger partial charge in [0.05, 0.1) is 13.0 Å². The fourth-order valence-corrected chi connectivity index (χ4v) is 0.522. The van der Waals surface area contributed by atoms with Gasteiger partial charge in [-0.3, -0.25) is 9.59 Å². The molecule has 0 aromatic carbocycles. The lowest BCUT2D eigenvalue weighted by molar-refractivity contribution is -0.147. The van der Waals surface area contributed by atoms with Gasteiger partial charge in [-0.2, -0.15) is 0 Å². The van der Waals surface area contributed by atoms with E-state index in [0.29, 0.717) is 0 Å². The fraction of sp³-hybridized carbons (Fsp3) is 0.714. The van der Waals surface area contributed by atoms with Crippen molar-refractivity contribution in [2.75, 3.05) is 6.61 Å². The molecule has 1 atom stereocenters. The van der Waals surface area contributed by atoms with Crippen molar-refractivity contribution >= 4 is 11.8 Å². The molecule has 0 rings (SSSR count). The monoisotopic (exact) mass is 160 g/mol. The number of carbonyl (C=O) groups excluding carboxylic acids is 2. The number of esters is 1. The highest BCUT2D eigenvalue weighted by atomic mass is 16.5. The Kier molecular flexibility index (Phi) is 4.45. The van der Waals surface area contributed by atoms with Crippen molar-refractivity contribution in [1.29, 1.82) is 0 Å². The van der Waals surface area contributed by atoms with E-state index in [1.165, 1.54) is 6.92 Å². The molecule has 0 unspecified atom stereocenters. The Hall–Kier alpha value is -0.900. The van der Waals surface area contributed by atoms with Crippen LogP contribution in [-0.4, -0.2) is 29.6 Å². The summed E-state index contributed by atoms with van der Waals surface area (Å²) in [5, 5.41) is 8.87. The molecular formula is C7H12O4. The molecule has 0 aliphatic heterocycles. The van der Waals surface area contributed by atoms with Gasteiger partial charge in [0, 0.05) is 0 Å². The molecule has 0 radical (unpaired) electrons. The summed E-state index contributed by atoms with van der Waals surface area (Å²) >= 11 is 0. The van der Waals surface area contributed by atoms with Gasteiger partial charge in [-0.25, -0.2) is 0 Å². The van der Waals surface area contributed by atoms with Gasteiger partial charge >= 0.3 is 5.97 Å². The van der Waals surface area contributed by atoms with Gasteiger partial charge in [-0.1, -0.05) is 0 Å². The van der Waals surface area contributed by atoms with Crippen LogP contribution in [-0.2, 0) is 14.3 Å². The molecule has 0 bridgehead atoms. The molecule has 11 heavy (non-hydrogen) atoms. The molecule has 4 nitrogen and oxygen atoms in total. The topological polar surface area (TPSA) is 63.6 Å². The van der Waals surface area contributed by atoms with Gasteiger partial charge in [0.25, 0.3) is 0 Å². The van der Waals surface area contributed by atoms with Crippen molar-refractivity contribution in [3.05, 3.63) is 0 Å². The molecular weight excluding hydrogens is 148 g/mol. The molecule has 64 valence electrons. The number of hydrogen-bond acceptors (Lipinski definition) is 4. The molecule has 0 aliphatic rings. The molecule has 0 aromatic rings. The predicted octanol–water partition coefficient (Wildman–Crippen LogP) is -0.111. The van der Waals surface area contributed by atoms with E-state index in [1.807, 2.05) is 0 Å². The van der Waals surface area contributed by atoms with Gasteiger partial charge in [0.15, 0.2) is 5.78 Å². The van der Waals surface area contributed by atoms with E-state index in [0.717, 1.165) is 0 Å². The van der Waals surface area contributed by atoms with E-state index in [1.54, 1.807) is 6.92 Å². The van der Waals surface area contributed by atoms with E-state index in [9.17, 15) is 9.59 Å². The smallest absolute Gasteiger partial charge is 0.308 e. The Labute approximate surface area is 65.2 Å². The number of hydrogen-bond donors (Lipinski definition) is 1.